The number of carboxylic acid groups (broad SMARTS) is 1. The lowest BCUT2D eigenvalue weighted by Crippen LogP contribution is -2.48. The molecule has 6 heteroatoms. The normalized spacial score (nSPS) is 29.9. The minimum atomic E-state index is -0.798. The van der Waals surface area contributed by atoms with Crippen LogP contribution in [0.25, 0.3) is 0 Å². The molecule has 2 saturated heterocycles. The Morgan fingerprint density at radius 1 is 1.29 bits per heavy atom. The Kier molecular flexibility index (Phi) is 5.08. The van der Waals surface area contributed by atoms with Crippen LogP contribution in [0.15, 0.2) is 0 Å². The van der Waals surface area contributed by atoms with E-state index in [2.05, 4.69) is 11.8 Å². The van der Waals surface area contributed by atoms with Crippen molar-refractivity contribution in [1.29, 1.82) is 0 Å². The molecule has 1 N–H and O–H groups in total. The topological polar surface area (TPSA) is 64.1 Å². The first kappa shape index (κ1) is 16.1. The monoisotopic (exact) mass is 297 g/mol. The van der Waals surface area contributed by atoms with Crippen LogP contribution in [0, 0.1) is 5.92 Å². The van der Waals surface area contributed by atoms with Crippen LogP contribution in [0.4, 0.5) is 4.79 Å². The molecule has 0 aromatic heterocycles. The van der Waals surface area contributed by atoms with Crippen molar-refractivity contribution in [3.8, 4) is 0 Å². The van der Waals surface area contributed by atoms with E-state index >= 15 is 0 Å². The number of amides is 2. The molecule has 6 nitrogen and oxygen atoms in total. The molecule has 0 aliphatic carbocycles. The summed E-state index contributed by atoms with van der Waals surface area (Å²) in [7, 11) is 1.83. The molecule has 2 amide bonds. The van der Waals surface area contributed by atoms with Gasteiger partial charge in [-0.3, -0.25) is 9.69 Å². The van der Waals surface area contributed by atoms with Crippen molar-refractivity contribution in [2.75, 3.05) is 33.2 Å². The molecule has 2 aliphatic heterocycles. The fourth-order valence-corrected chi connectivity index (χ4v) is 3.67. The van der Waals surface area contributed by atoms with Crippen molar-refractivity contribution in [1.82, 2.24) is 14.7 Å². The van der Waals surface area contributed by atoms with Crippen LogP contribution in [0.3, 0.4) is 0 Å². The minimum absolute atomic E-state index is 0.0331. The lowest BCUT2D eigenvalue weighted by Gasteiger charge is -2.32. The number of hydrogen-bond acceptors (Lipinski definition) is 3. The maximum Gasteiger partial charge on any atom is 0.320 e. The number of carboxylic acids is 1. The number of aliphatic carboxylic acids is 1. The number of rotatable bonds is 4. The largest absolute Gasteiger partial charge is 0.481 e. The molecule has 3 atom stereocenters. The third-order valence-corrected chi connectivity index (χ3v) is 5.03. The standard InChI is InChI=1S/C15H27N3O3/c1-4-17-8-5-6-12(17)10-16(3)15(21)18-9-7-13(11(18)2)14(19)20/h11-13H,4-10H2,1-3H3,(H,19,20). The summed E-state index contributed by atoms with van der Waals surface area (Å²) in [6.07, 6.45) is 2.89. The lowest BCUT2D eigenvalue weighted by molar-refractivity contribution is -0.142. The molecule has 2 rings (SSSR count). The summed E-state index contributed by atoms with van der Waals surface area (Å²) in [5, 5.41) is 9.16. The molecular weight excluding hydrogens is 270 g/mol. The highest BCUT2D eigenvalue weighted by atomic mass is 16.4. The summed E-state index contributed by atoms with van der Waals surface area (Å²) in [5.74, 6) is -1.23. The van der Waals surface area contributed by atoms with Gasteiger partial charge in [-0.1, -0.05) is 6.92 Å². The highest BCUT2D eigenvalue weighted by molar-refractivity contribution is 5.78. The van der Waals surface area contributed by atoms with Crippen molar-refractivity contribution in [3.63, 3.8) is 0 Å². The van der Waals surface area contributed by atoms with Gasteiger partial charge >= 0.3 is 12.0 Å². The van der Waals surface area contributed by atoms with Gasteiger partial charge in [0.15, 0.2) is 0 Å². The van der Waals surface area contributed by atoms with Crippen LogP contribution in [0.1, 0.15) is 33.1 Å². The van der Waals surface area contributed by atoms with Crippen LogP contribution < -0.4 is 0 Å². The zero-order chi connectivity index (χ0) is 15.6. The summed E-state index contributed by atoms with van der Waals surface area (Å²) in [4.78, 5) is 29.6. The Hall–Kier alpha value is -1.30. The van der Waals surface area contributed by atoms with Crippen LogP contribution >= 0.6 is 0 Å². The third-order valence-electron chi connectivity index (χ3n) is 5.03. The summed E-state index contributed by atoms with van der Waals surface area (Å²) >= 11 is 0. The summed E-state index contributed by atoms with van der Waals surface area (Å²) in [6, 6.07) is 0.189. The van der Waals surface area contributed by atoms with Gasteiger partial charge in [-0.15, -0.1) is 0 Å². The van der Waals surface area contributed by atoms with E-state index in [1.165, 1.54) is 6.42 Å². The molecule has 120 valence electrons. The van der Waals surface area contributed by atoms with Crippen molar-refractivity contribution < 1.29 is 14.7 Å². The number of carbonyl (C=O) groups is 2. The first-order valence-electron chi connectivity index (χ1n) is 7.94. The van der Waals surface area contributed by atoms with Gasteiger partial charge in [-0.25, -0.2) is 4.79 Å². The molecule has 2 aliphatic rings. The zero-order valence-corrected chi connectivity index (χ0v) is 13.3. The first-order chi connectivity index (χ1) is 9.95. The van der Waals surface area contributed by atoms with Crippen molar-refractivity contribution in [2.45, 2.75) is 45.2 Å². The van der Waals surface area contributed by atoms with Crippen LogP contribution in [-0.4, -0.2) is 77.1 Å². The molecule has 2 fully saturated rings. The van der Waals surface area contributed by atoms with Crippen molar-refractivity contribution in [3.05, 3.63) is 0 Å². The highest BCUT2D eigenvalue weighted by Crippen LogP contribution is 2.26. The van der Waals surface area contributed by atoms with Crippen molar-refractivity contribution >= 4 is 12.0 Å². The van der Waals surface area contributed by atoms with Gasteiger partial charge in [-0.2, -0.15) is 0 Å². The van der Waals surface area contributed by atoms with E-state index < -0.39 is 11.9 Å². The molecule has 0 radical (unpaired) electrons. The predicted octanol–water partition coefficient (Wildman–Crippen LogP) is 1.32. The zero-order valence-electron chi connectivity index (χ0n) is 13.3. The Morgan fingerprint density at radius 3 is 2.57 bits per heavy atom. The molecule has 0 saturated carbocycles. The SMILES string of the molecule is CCN1CCCC1CN(C)C(=O)N1CCC(C(=O)O)C1C. The molecule has 0 aromatic carbocycles. The summed E-state index contributed by atoms with van der Waals surface area (Å²) in [5.41, 5.74) is 0. The highest BCUT2D eigenvalue weighted by Gasteiger charge is 2.39. The smallest absolute Gasteiger partial charge is 0.320 e. The van der Waals surface area contributed by atoms with E-state index in [1.54, 1.807) is 9.80 Å². The van der Waals surface area contributed by atoms with Gasteiger partial charge in [0, 0.05) is 32.2 Å². The van der Waals surface area contributed by atoms with Crippen molar-refractivity contribution in [2.24, 2.45) is 5.92 Å². The molecular formula is C15H27N3O3. The average Bonchev–Trinajstić information content (AvgIpc) is 3.04. The van der Waals surface area contributed by atoms with Gasteiger partial charge in [-0.05, 0) is 39.3 Å². The van der Waals surface area contributed by atoms with Gasteiger partial charge in [0.25, 0.3) is 0 Å². The Bertz CT molecular complexity index is 402. The number of nitrogens with zero attached hydrogens (tertiary/aromatic N) is 3. The lowest BCUT2D eigenvalue weighted by atomic mass is 10.0. The van der Waals surface area contributed by atoms with Gasteiger partial charge in [0.2, 0.25) is 0 Å². The second-order valence-electron chi connectivity index (χ2n) is 6.26. The number of hydrogen-bond donors (Lipinski definition) is 1. The van der Waals surface area contributed by atoms with Crippen LogP contribution in [0.5, 0.6) is 0 Å². The van der Waals surface area contributed by atoms with E-state index in [4.69, 9.17) is 5.11 Å². The second kappa shape index (κ2) is 6.64. The maximum absolute atomic E-state index is 12.5. The van der Waals surface area contributed by atoms with E-state index in [0.29, 0.717) is 19.0 Å². The number of likely N-dealkylation sites (N-methyl/N-ethyl adjacent to an activating group) is 2. The van der Waals surface area contributed by atoms with E-state index in [9.17, 15) is 9.59 Å². The predicted molar refractivity (Wildman–Crippen MR) is 80.2 cm³/mol. The molecule has 0 bridgehead atoms. The van der Waals surface area contributed by atoms with Crippen LogP contribution in [-0.2, 0) is 4.79 Å². The average molecular weight is 297 g/mol. The van der Waals surface area contributed by atoms with E-state index in [1.807, 2.05) is 14.0 Å². The van der Waals surface area contributed by atoms with Gasteiger partial charge in [0.05, 0.1) is 5.92 Å². The third kappa shape index (κ3) is 3.31. The summed E-state index contributed by atoms with van der Waals surface area (Å²) in [6.45, 7) is 7.40. The fourth-order valence-electron chi connectivity index (χ4n) is 3.67. The molecule has 21 heavy (non-hydrogen) atoms. The first-order valence-corrected chi connectivity index (χ1v) is 7.94. The quantitative estimate of drug-likeness (QED) is 0.850. The van der Waals surface area contributed by atoms with Gasteiger partial charge < -0.3 is 14.9 Å². The Morgan fingerprint density at radius 2 is 2.00 bits per heavy atom. The van der Waals surface area contributed by atoms with E-state index in [-0.39, 0.29) is 12.1 Å². The maximum atomic E-state index is 12.5. The molecule has 3 unspecified atom stereocenters. The van der Waals surface area contributed by atoms with Crippen LogP contribution in [0.2, 0.25) is 0 Å². The summed E-state index contributed by atoms with van der Waals surface area (Å²) < 4.78 is 0. The number of likely N-dealkylation sites (tertiary alicyclic amines) is 2. The Balaban J connectivity index is 1.92. The molecule has 2 heterocycles. The minimum Gasteiger partial charge on any atom is -0.481 e. The number of urea groups is 1. The Labute approximate surface area is 126 Å². The fraction of sp³-hybridized carbons (Fsp3) is 0.867. The van der Waals surface area contributed by atoms with Gasteiger partial charge in [0.1, 0.15) is 0 Å². The van der Waals surface area contributed by atoms with E-state index in [0.717, 1.165) is 26.1 Å². The number of carbonyl (C=O) groups excluding carboxylic acids is 1. The molecule has 0 aromatic rings. The second-order valence-corrected chi connectivity index (χ2v) is 6.26. The molecule has 0 spiro atoms.